The quantitative estimate of drug-likeness (QED) is 0.186. The first-order valence-electron chi connectivity index (χ1n) is 10.3. The molecule has 0 unspecified atom stereocenters. The van der Waals surface area contributed by atoms with Crippen molar-refractivity contribution in [3.63, 3.8) is 0 Å². The van der Waals surface area contributed by atoms with Crippen LogP contribution in [-0.4, -0.2) is 60.1 Å². The van der Waals surface area contributed by atoms with Crippen molar-refractivity contribution in [1.82, 2.24) is 24.2 Å². The Balaban J connectivity index is 1.68. The number of rotatable bonds is 9. The zero-order valence-electron chi connectivity index (χ0n) is 19.2. The number of hydrogen-bond acceptors (Lipinski definition) is 6. The van der Waals surface area contributed by atoms with Crippen molar-refractivity contribution in [2.45, 2.75) is 6.42 Å². The van der Waals surface area contributed by atoms with Crippen molar-refractivity contribution in [2.75, 3.05) is 17.2 Å². The summed E-state index contributed by atoms with van der Waals surface area (Å²) < 4.78 is 4.21. The molecule has 0 atom stereocenters. The summed E-state index contributed by atoms with van der Waals surface area (Å²) in [5.41, 5.74) is 6.29. The van der Waals surface area contributed by atoms with E-state index in [0.717, 1.165) is 10.7 Å². The number of nitrogens with zero attached hydrogens (tertiary/aromatic N) is 4. The van der Waals surface area contributed by atoms with Crippen molar-refractivity contribution in [3.05, 3.63) is 53.4 Å². The number of nitrogens with two attached hydrogens (primary N) is 1. The molecule has 0 bridgehead atoms. The van der Waals surface area contributed by atoms with Gasteiger partial charge in [-0.3, -0.25) is 24.5 Å². The van der Waals surface area contributed by atoms with Crippen LogP contribution in [0.2, 0.25) is 0 Å². The maximum atomic E-state index is 12.8. The molecule has 35 heavy (non-hydrogen) atoms. The fourth-order valence-electron chi connectivity index (χ4n) is 3.29. The normalized spacial score (nSPS) is 10.6. The Kier molecular flexibility index (Phi) is 7.03. The first-order valence-corrected chi connectivity index (χ1v) is 10.3. The van der Waals surface area contributed by atoms with Gasteiger partial charge in [0.25, 0.3) is 17.7 Å². The van der Waals surface area contributed by atoms with E-state index in [9.17, 15) is 19.2 Å². The number of hydrogen-bond donors (Lipinski definition) is 6. The summed E-state index contributed by atoms with van der Waals surface area (Å²) in [7, 11) is 4.72. The van der Waals surface area contributed by atoms with E-state index in [0.29, 0.717) is 17.1 Å². The number of carboxylic acid groups (broad SMARTS) is 1. The number of anilines is 2. The summed E-state index contributed by atoms with van der Waals surface area (Å²) in [6, 6.07) is 4.12. The number of amidine groups is 1. The molecular weight excluding hydrogens is 458 g/mol. The second-order valence-corrected chi connectivity index (χ2v) is 7.73. The smallest absolute Gasteiger partial charge is 0.356 e. The van der Waals surface area contributed by atoms with Crippen LogP contribution in [0, 0.1) is 5.41 Å². The van der Waals surface area contributed by atoms with Crippen molar-refractivity contribution in [1.29, 1.82) is 5.41 Å². The minimum atomic E-state index is -1.25. The number of aromatic nitrogens is 4. The van der Waals surface area contributed by atoms with Crippen LogP contribution in [0.4, 0.5) is 11.4 Å². The van der Waals surface area contributed by atoms with E-state index in [1.165, 1.54) is 29.9 Å². The molecule has 184 valence electrons. The molecule has 3 aromatic heterocycles. The Morgan fingerprint density at radius 2 is 1.43 bits per heavy atom. The monoisotopic (exact) mass is 483 g/mol. The van der Waals surface area contributed by atoms with Crippen molar-refractivity contribution in [2.24, 2.45) is 26.9 Å². The van der Waals surface area contributed by atoms with E-state index in [-0.39, 0.29) is 41.8 Å². The number of aromatic carboxylic acids is 1. The van der Waals surface area contributed by atoms with Gasteiger partial charge in [-0.1, -0.05) is 0 Å². The standard InChI is InChI=1S/C21H25N9O5/c1-28-9-11(6-14(28)18(31)24-5-4-17(22)23)25-19(32)15-7-12(10-29(15)2)26-20(33)16-8-13(21(34)35)27-30(16)3/h6-10H,4-5H2,1-3H3,(H3,22,23)(H,24,31)(H,25,32)(H,26,33)(H,34,35). The van der Waals surface area contributed by atoms with Crippen LogP contribution in [0.25, 0.3) is 0 Å². The van der Waals surface area contributed by atoms with Gasteiger partial charge in [0, 0.05) is 52.6 Å². The van der Waals surface area contributed by atoms with Gasteiger partial charge in [-0.15, -0.1) is 0 Å². The van der Waals surface area contributed by atoms with E-state index in [1.807, 2.05) is 0 Å². The molecule has 0 radical (unpaired) electrons. The third-order valence-corrected chi connectivity index (χ3v) is 5.00. The fourth-order valence-corrected chi connectivity index (χ4v) is 3.29. The zero-order chi connectivity index (χ0) is 25.9. The number of nitrogens with one attached hydrogen (secondary N) is 4. The molecule has 0 aliphatic heterocycles. The molecule has 0 aliphatic rings. The van der Waals surface area contributed by atoms with E-state index in [1.54, 1.807) is 24.9 Å². The largest absolute Gasteiger partial charge is 0.476 e. The zero-order valence-corrected chi connectivity index (χ0v) is 19.2. The van der Waals surface area contributed by atoms with Gasteiger partial charge in [-0.2, -0.15) is 5.10 Å². The molecule has 0 saturated heterocycles. The summed E-state index contributed by atoms with van der Waals surface area (Å²) in [6.07, 6.45) is 3.33. The SMILES string of the molecule is Cn1cc(NC(=O)c2cc(NC(=O)c3cc(C(=O)O)nn3C)cn2C)cc1C(=O)NCCC(=N)N. The summed E-state index contributed by atoms with van der Waals surface area (Å²) in [4.78, 5) is 48.7. The molecule has 14 nitrogen and oxygen atoms in total. The highest BCUT2D eigenvalue weighted by Crippen LogP contribution is 2.18. The molecule has 0 spiro atoms. The Labute approximate surface area is 199 Å². The lowest BCUT2D eigenvalue weighted by Gasteiger charge is -2.04. The predicted octanol–water partition coefficient (Wildman–Crippen LogP) is 0.356. The van der Waals surface area contributed by atoms with Gasteiger partial charge < -0.3 is 35.9 Å². The fraction of sp³-hybridized carbons (Fsp3) is 0.238. The van der Waals surface area contributed by atoms with Crippen LogP contribution in [-0.2, 0) is 21.1 Å². The number of amides is 3. The Bertz CT molecular complexity index is 1330. The van der Waals surface area contributed by atoms with Gasteiger partial charge in [0.1, 0.15) is 17.1 Å². The lowest BCUT2D eigenvalue weighted by atomic mass is 10.3. The third kappa shape index (κ3) is 5.73. The van der Waals surface area contributed by atoms with Gasteiger partial charge >= 0.3 is 5.97 Å². The van der Waals surface area contributed by atoms with Crippen molar-refractivity contribution >= 4 is 40.9 Å². The molecule has 14 heteroatoms. The van der Waals surface area contributed by atoms with Gasteiger partial charge in [-0.05, 0) is 12.1 Å². The van der Waals surface area contributed by atoms with E-state index in [2.05, 4.69) is 21.0 Å². The predicted molar refractivity (Wildman–Crippen MR) is 126 cm³/mol. The van der Waals surface area contributed by atoms with Gasteiger partial charge in [0.15, 0.2) is 5.69 Å². The van der Waals surface area contributed by atoms with E-state index >= 15 is 0 Å². The molecule has 7 N–H and O–H groups in total. The number of aryl methyl sites for hydroxylation is 3. The molecule has 0 aliphatic carbocycles. The maximum Gasteiger partial charge on any atom is 0.356 e. The number of carbonyl (C=O) groups is 4. The van der Waals surface area contributed by atoms with E-state index in [4.69, 9.17) is 16.2 Å². The Morgan fingerprint density at radius 1 is 0.914 bits per heavy atom. The lowest BCUT2D eigenvalue weighted by Crippen LogP contribution is -2.28. The van der Waals surface area contributed by atoms with Crippen LogP contribution in [0.15, 0.2) is 30.6 Å². The highest BCUT2D eigenvalue weighted by molar-refractivity contribution is 6.07. The number of carbonyl (C=O) groups excluding carboxylic acids is 3. The molecule has 3 amide bonds. The van der Waals surface area contributed by atoms with Crippen LogP contribution in [0.5, 0.6) is 0 Å². The summed E-state index contributed by atoms with van der Waals surface area (Å²) in [6.45, 7) is 0.218. The molecule has 3 aromatic rings. The summed E-state index contributed by atoms with van der Waals surface area (Å²) in [5.74, 6) is -2.73. The van der Waals surface area contributed by atoms with Crippen LogP contribution in [0.1, 0.15) is 48.4 Å². The lowest BCUT2D eigenvalue weighted by molar-refractivity contribution is 0.0689. The highest BCUT2D eigenvalue weighted by Gasteiger charge is 2.20. The molecule has 0 aromatic carbocycles. The minimum absolute atomic E-state index is 0.0337. The minimum Gasteiger partial charge on any atom is -0.476 e. The maximum absolute atomic E-state index is 12.8. The summed E-state index contributed by atoms with van der Waals surface area (Å²) >= 11 is 0. The first kappa shape index (κ1) is 24.8. The second-order valence-electron chi connectivity index (χ2n) is 7.73. The van der Waals surface area contributed by atoms with E-state index < -0.39 is 17.8 Å². The second kappa shape index (κ2) is 9.94. The van der Waals surface area contributed by atoms with Gasteiger partial charge in [0.05, 0.1) is 17.2 Å². The topological polar surface area (TPSA) is 202 Å². The van der Waals surface area contributed by atoms with Crippen LogP contribution in [0.3, 0.4) is 0 Å². The average Bonchev–Trinajstić information content (AvgIpc) is 3.44. The van der Waals surface area contributed by atoms with Crippen LogP contribution >= 0.6 is 0 Å². The van der Waals surface area contributed by atoms with Gasteiger partial charge in [0.2, 0.25) is 0 Å². The summed E-state index contributed by atoms with van der Waals surface area (Å²) in [5, 5.41) is 28.0. The Morgan fingerprint density at radius 3 is 1.91 bits per heavy atom. The van der Waals surface area contributed by atoms with Crippen LogP contribution < -0.4 is 21.7 Å². The molecule has 3 heterocycles. The first-order chi connectivity index (χ1) is 16.5. The molecule has 0 fully saturated rings. The molecule has 3 rings (SSSR count). The average molecular weight is 483 g/mol. The third-order valence-electron chi connectivity index (χ3n) is 5.00. The van der Waals surface area contributed by atoms with Crippen molar-refractivity contribution in [3.8, 4) is 0 Å². The molecular formula is C21H25N9O5. The van der Waals surface area contributed by atoms with Gasteiger partial charge in [-0.25, -0.2) is 4.79 Å². The highest BCUT2D eigenvalue weighted by atomic mass is 16.4. The number of carboxylic acids is 1. The van der Waals surface area contributed by atoms with Crippen molar-refractivity contribution < 1.29 is 24.3 Å². The Hall–Kier alpha value is -4.88. The molecule has 0 saturated carbocycles.